The summed E-state index contributed by atoms with van der Waals surface area (Å²) in [5.41, 5.74) is 6.49. The summed E-state index contributed by atoms with van der Waals surface area (Å²) in [7, 11) is 0. The number of carbonyl (C=O) groups is 1. The third kappa shape index (κ3) is 5.35. The first-order valence-corrected chi connectivity index (χ1v) is 8.17. The van der Waals surface area contributed by atoms with Crippen LogP contribution in [0, 0.1) is 17.0 Å². The van der Waals surface area contributed by atoms with Crippen molar-refractivity contribution in [2.75, 3.05) is 18.9 Å². The van der Waals surface area contributed by atoms with Crippen LogP contribution >= 0.6 is 0 Å². The van der Waals surface area contributed by atoms with E-state index < -0.39 is 17.0 Å². The Kier molecular flexibility index (Phi) is 6.45. The number of nitrogens with two attached hydrogens (primary N) is 1. The number of rotatable bonds is 7. The molecule has 1 amide bonds. The van der Waals surface area contributed by atoms with Gasteiger partial charge in [-0.3, -0.25) is 14.9 Å². The van der Waals surface area contributed by atoms with Gasteiger partial charge in [-0.2, -0.15) is 13.2 Å². The molecule has 28 heavy (non-hydrogen) atoms. The number of nitro groups is 1. The zero-order valence-electron chi connectivity index (χ0n) is 14.9. The number of nitrogen functional groups attached to an aromatic ring is 1. The number of aryl methyl sites for hydroxylation is 1. The largest absolute Gasteiger partial charge is 0.489 e. The van der Waals surface area contributed by atoms with Gasteiger partial charge in [0.15, 0.2) is 5.69 Å². The van der Waals surface area contributed by atoms with Crippen molar-refractivity contribution in [3.63, 3.8) is 0 Å². The van der Waals surface area contributed by atoms with Crippen LogP contribution in [0.25, 0.3) is 0 Å². The van der Waals surface area contributed by atoms with E-state index in [1.54, 1.807) is 24.3 Å². The molecule has 2 rings (SSSR count). The average molecular weight is 397 g/mol. The van der Waals surface area contributed by atoms with Gasteiger partial charge in [-0.25, -0.2) is 0 Å². The smallest absolute Gasteiger partial charge is 0.471 e. The summed E-state index contributed by atoms with van der Waals surface area (Å²) >= 11 is 0. The van der Waals surface area contributed by atoms with Crippen LogP contribution in [0.1, 0.15) is 11.1 Å². The van der Waals surface area contributed by atoms with Crippen LogP contribution < -0.4 is 10.5 Å². The summed E-state index contributed by atoms with van der Waals surface area (Å²) in [4.78, 5) is 22.5. The van der Waals surface area contributed by atoms with E-state index in [2.05, 4.69) is 0 Å². The maximum atomic E-state index is 12.9. The topological polar surface area (TPSA) is 98.7 Å². The molecule has 0 spiro atoms. The molecule has 0 saturated heterocycles. The Morgan fingerprint density at radius 3 is 2.43 bits per heavy atom. The molecular weight excluding hydrogens is 379 g/mol. The van der Waals surface area contributed by atoms with Crippen molar-refractivity contribution in [3.05, 3.63) is 63.7 Å². The summed E-state index contributed by atoms with van der Waals surface area (Å²) in [6, 6.07) is 10.6. The highest BCUT2D eigenvalue weighted by Crippen LogP contribution is 2.30. The summed E-state index contributed by atoms with van der Waals surface area (Å²) in [5.74, 6) is -2.03. The van der Waals surface area contributed by atoms with Gasteiger partial charge in [0.1, 0.15) is 12.4 Å². The van der Waals surface area contributed by atoms with Gasteiger partial charge in [0, 0.05) is 12.6 Å². The minimum Gasteiger partial charge on any atom is -0.489 e. The van der Waals surface area contributed by atoms with Crippen molar-refractivity contribution in [1.82, 2.24) is 4.90 Å². The van der Waals surface area contributed by atoms with Gasteiger partial charge in [0.05, 0.1) is 11.5 Å². The molecule has 0 aromatic heterocycles. The van der Waals surface area contributed by atoms with Gasteiger partial charge in [-0.15, -0.1) is 0 Å². The number of nitrogens with zero attached hydrogens (tertiary/aromatic N) is 2. The Morgan fingerprint density at radius 2 is 1.86 bits per heavy atom. The van der Waals surface area contributed by atoms with E-state index in [1.165, 1.54) is 18.2 Å². The number of ether oxygens (including phenoxy) is 1. The number of benzene rings is 2. The van der Waals surface area contributed by atoms with Gasteiger partial charge in [0.25, 0.3) is 5.69 Å². The van der Waals surface area contributed by atoms with Gasteiger partial charge in [0.2, 0.25) is 0 Å². The minimum absolute atomic E-state index is 0.0380. The molecule has 0 fully saturated rings. The predicted octanol–water partition coefficient (Wildman–Crippen LogP) is 3.46. The minimum atomic E-state index is -5.03. The molecule has 10 heteroatoms. The summed E-state index contributed by atoms with van der Waals surface area (Å²) < 4.78 is 44.0. The number of hydrogen-bond donors (Lipinski definition) is 1. The zero-order valence-corrected chi connectivity index (χ0v) is 14.9. The second kappa shape index (κ2) is 8.59. The van der Waals surface area contributed by atoms with E-state index in [4.69, 9.17) is 10.5 Å². The lowest BCUT2D eigenvalue weighted by Gasteiger charge is -2.24. The molecule has 0 aliphatic rings. The van der Waals surface area contributed by atoms with Gasteiger partial charge in [-0.05, 0) is 18.6 Å². The van der Waals surface area contributed by atoms with Gasteiger partial charge < -0.3 is 15.4 Å². The monoisotopic (exact) mass is 397 g/mol. The van der Waals surface area contributed by atoms with Crippen LogP contribution in [0.3, 0.4) is 0 Å². The van der Waals surface area contributed by atoms with Crippen molar-refractivity contribution < 1.29 is 27.6 Å². The fourth-order valence-electron chi connectivity index (χ4n) is 2.43. The summed E-state index contributed by atoms with van der Waals surface area (Å²) in [6.07, 6.45) is -5.03. The summed E-state index contributed by atoms with van der Waals surface area (Å²) in [6.45, 7) is 0.875. The van der Waals surface area contributed by atoms with Crippen LogP contribution in [-0.4, -0.2) is 35.1 Å². The normalized spacial score (nSPS) is 11.1. The molecule has 0 saturated carbocycles. The quantitative estimate of drug-likeness (QED) is 0.438. The number of carbonyl (C=O) groups excluding carboxylic acids is 1. The third-order valence-electron chi connectivity index (χ3n) is 3.88. The Hall–Kier alpha value is -3.30. The maximum Gasteiger partial charge on any atom is 0.471 e. The van der Waals surface area contributed by atoms with Crippen LogP contribution in [0.15, 0.2) is 42.5 Å². The average Bonchev–Trinajstić information content (AvgIpc) is 2.62. The van der Waals surface area contributed by atoms with E-state index >= 15 is 0 Å². The lowest BCUT2D eigenvalue weighted by Crippen LogP contribution is -2.42. The highest BCUT2D eigenvalue weighted by atomic mass is 19.4. The van der Waals surface area contributed by atoms with E-state index in [9.17, 15) is 28.1 Å². The number of halogens is 3. The highest BCUT2D eigenvalue weighted by Gasteiger charge is 2.42. The van der Waals surface area contributed by atoms with E-state index in [-0.39, 0.29) is 36.8 Å². The first-order valence-electron chi connectivity index (χ1n) is 8.17. The molecule has 0 heterocycles. The Morgan fingerprint density at radius 1 is 1.21 bits per heavy atom. The van der Waals surface area contributed by atoms with Crippen LogP contribution in [0.5, 0.6) is 5.75 Å². The fourth-order valence-corrected chi connectivity index (χ4v) is 2.43. The molecule has 2 N–H and O–H groups in total. The van der Waals surface area contributed by atoms with Crippen molar-refractivity contribution in [1.29, 1.82) is 0 Å². The predicted molar refractivity (Wildman–Crippen MR) is 95.7 cm³/mol. The number of hydrogen-bond acceptors (Lipinski definition) is 5. The SMILES string of the molecule is Cc1ccc(CN(CCOc2cccc([N+](=O)[O-])c2N)C(=O)C(F)(F)F)cc1. The Balaban J connectivity index is 2.10. The number of amides is 1. The lowest BCUT2D eigenvalue weighted by molar-refractivity contribution is -0.384. The molecule has 2 aromatic rings. The fraction of sp³-hybridized carbons (Fsp3) is 0.278. The number of para-hydroxylation sites is 1. The standard InChI is InChI=1S/C18H18F3N3O4/c1-12-5-7-13(8-6-12)11-23(17(25)18(19,20)21)9-10-28-15-4-2-3-14(16(15)22)24(26)27/h2-8H,9-11,22H2,1H3. The third-order valence-corrected chi connectivity index (χ3v) is 3.88. The molecule has 7 nitrogen and oxygen atoms in total. The summed E-state index contributed by atoms with van der Waals surface area (Å²) in [5, 5.41) is 10.9. The molecule has 0 bridgehead atoms. The van der Waals surface area contributed by atoms with Crippen molar-refractivity contribution in [2.24, 2.45) is 0 Å². The molecule has 0 radical (unpaired) electrons. The number of alkyl halides is 3. The molecule has 0 aliphatic heterocycles. The Bertz CT molecular complexity index is 854. The van der Waals surface area contributed by atoms with Crippen LogP contribution in [0.2, 0.25) is 0 Å². The lowest BCUT2D eigenvalue weighted by atomic mass is 10.1. The van der Waals surface area contributed by atoms with Crippen molar-refractivity contribution in [3.8, 4) is 5.75 Å². The first-order chi connectivity index (χ1) is 13.1. The molecule has 2 aromatic carbocycles. The molecule has 0 atom stereocenters. The molecule has 0 unspecified atom stereocenters. The van der Waals surface area contributed by atoms with Gasteiger partial charge >= 0.3 is 12.1 Å². The van der Waals surface area contributed by atoms with Crippen molar-refractivity contribution in [2.45, 2.75) is 19.6 Å². The number of nitro benzene ring substituents is 1. The first kappa shape index (κ1) is 21.0. The maximum absolute atomic E-state index is 12.9. The van der Waals surface area contributed by atoms with E-state index in [0.717, 1.165) is 5.56 Å². The van der Waals surface area contributed by atoms with Crippen LogP contribution in [0.4, 0.5) is 24.5 Å². The second-order valence-corrected chi connectivity index (χ2v) is 6.00. The Labute approximate surface area is 158 Å². The van der Waals surface area contributed by atoms with Crippen molar-refractivity contribution >= 4 is 17.3 Å². The van der Waals surface area contributed by atoms with Gasteiger partial charge in [-0.1, -0.05) is 35.9 Å². The number of anilines is 1. The van der Waals surface area contributed by atoms with Crippen LogP contribution in [-0.2, 0) is 11.3 Å². The highest BCUT2D eigenvalue weighted by molar-refractivity contribution is 5.81. The van der Waals surface area contributed by atoms with E-state index in [1.807, 2.05) is 6.92 Å². The molecule has 0 aliphatic carbocycles. The zero-order chi connectivity index (χ0) is 20.9. The molecule has 150 valence electrons. The van der Waals surface area contributed by atoms with E-state index in [0.29, 0.717) is 10.5 Å². The molecular formula is C18H18F3N3O4. The second-order valence-electron chi connectivity index (χ2n) is 6.00.